The van der Waals surface area contributed by atoms with Crippen molar-refractivity contribution in [2.45, 2.75) is 6.10 Å². The summed E-state index contributed by atoms with van der Waals surface area (Å²) in [6.07, 6.45) is -0.333. The van der Waals surface area contributed by atoms with E-state index in [1.165, 1.54) is 11.9 Å². The Hall–Kier alpha value is -1.83. The standard InChI is InChI=1S/C16H17Cl2N3O4/c1-19-8-15(23)21(16(19)24)9-14(22)20-4-5-25-13(7-20)10-2-3-11(17)12(18)6-10/h2-3,6,13H,4-5,7-9H2,1H3. The summed E-state index contributed by atoms with van der Waals surface area (Å²) in [6.45, 7) is 0.835. The maximum absolute atomic E-state index is 12.5. The van der Waals surface area contributed by atoms with Crippen LogP contribution in [0.3, 0.4) is 0 Å². The molecule has 1 atom stereocenters. The molecule has 4 amide bonds. The first-order valence-electron chi connectivity index (χ1n) is 7.76. The summed E-state index contributed by atoms with van der Waals surface area (Å²) in [5, 5.41) is 0.867. The Kier molecular flexibility index (Phi) is 5.17. The lowest BCUT2D eigenvalue weighted by Crippen LogP contribution is -2.48. The summed E-state index contributed by atoms with van der Waals surface area (Å²) in [5.74, 6) is -0.652. The average Bonchev–Trinajstić information content (AvgIpc) is 2.83. The molecular weight excluding hydrogens is 369 g/mol. The van der Waals surface area contributed by atoms with Crippen molar-refractivity contribution in [3.05, 3.63) is 33.8 Å². The number of nitrogens with zero attached hydrogens (tertiary/aromatic N) is 3. The molecule has 25 heavy (non-hydrogen) atoms. The van der Waals surface area contributed by atoms with Gasteiger partial charge in [0.1, 0.15) is 19.2 Å². The van der Waals surface area contributed by atoms with E-state index >= 15 is 0 Å². The van der Waals surface area contributed by atoms with Gasteiger partial charge in [-0.3, -0.25) is 14.5 Å². The van der Waals surface area contributed by atoms with Crippen molar-refractivity contribution in [1.29, 1.82) is 0 Å². The van der Waals surface area contributed by atoms with E-state index in [-0.39, 0.29) is 31.0 Å². The van der Waals surface area contributed by atoms with Crippen LogP contribution in [0.15, 0.2) is 18.2 Å². The first kappa shape index (κ1) is 18.0. The van der Waals surface area contributed by atoms with Crippen LogP contribution in [0, 0.1) is 0 Å². The molecule has 0 N–H and O–H groups in total. The number of ether oxygens (including phenoxy) is 1. The highest BCUT2D eigenvalue weighted by molar-refractivity contribution is 6.42. The number of likely N-dealkylation sites (N-methyl/N-ethyl adjacent to an activating group) is 1. The molecule has 0 saturated carbocycles. The van der Waals surface area contributed by atoms with E-state index in [1.807, 2.05) is 0 Å². The maximum atomic E-state index is 12.5. The highest BCUT2D eigenvalue weighted by Crippen LogP contribution is 2.29. The van der Waals surface area contributed by atoms with E-state index < -0.39 is 6.03 Å². The summed E-state index contributed by atoms with van der Waals surface area (Å²) in [7, 11) is 1.53. The van der Waals surface area contributed by atoms with E-state index in [1.54, 1.807) is 23.1 Å². The number of halogens is 2. The number of hydrogen-bond acceptors (Lipinski definition) is 4. The third kappa shape index (κ3) is 3.73. The van der Waals surface area contributed by atoms with Crippen LogP contribution in [0.25, 0.3) is 0 Å². The number of carbonyl (C=O) groups is 3. The van der Waals surface area contributed by atoms with Crippen molar-refractivity contribution >= 4 is 41.0 Å². The monoisotopic (exact) mass is 385 g/mol. The number of benzene rings is 1. The molecule has 0 spiro atoms. The fourth-order valence-electron chi connectivity index (χ4n) is 2.85. The molecule has 134 valence electrons. The molecule has 0 aliphatic carbocycles. The SMILES string of the molecule is CN1CC(=O)N(CC(=O)N2CCOC(c3ccc(Cl)c(Cl)c3)C2)C1=O. The van der Waals surface area contributed by atoms with Crippen molar-refractivity contribution in [3.8, 4) is 0 Å². The normalized spacial score (nSPS) is 21.2. The van der Waals surface area contributed by atoms with E-state index in [2.05, 4.69) is 0 Å². The van der Waals surface area contributed by atoms with Crippen molar-refractivity contribution in [1.82, 2.24) is 14.7 Å². The smallest absolute Gasteiger partial charge is 0.327 e. The van der Waals surface area contributed by atoms with E-state index in [9.17, 15) is 14.4 Å². The van der Waals surface area contributed by atoms with Gasteiger partial charge in [0, 0.05) is 13.6 Å². The van der Waals surface area contributed by atoms with E-state index in [0.29, 0.717) is 29.7 Å². The zero-order chi connectivity index (χ0) is 18.1. The van der Waals surface area contributed by atoms with Crippen LogP contribution >= 0.6 is 23.2 Å². The molecule has 2 saturated heterocycles. The molecular formula is C16H17Cl2N3O4. The van der Waals surface area contributed by atoms with Crippen LogP contribution in [0.2, 0.25) is 10.0 Å². The lowest BCUT2D eigenvalue weighted by atomic mass is 10.1. The molecule has 2 aliphatic rings. The highest BCUT2D eigenvalue weighted by Gasteiger charge is 2.36. The van der Waals surface area contributed by atoms with E-state index in [0.717, 1.165) is 10.5 Å². The minimum atomic E-state index is -0.451. The number of amides is 4. The van der Waals surface area contributed by atoms with Gasteiger partial charge >= 0.3 is 6.03 Å². The van der Waals surface area contributed by atoms with Crippen LogP contribution in [0.4, 0.5) is 4.79 Å². The molecule has 3 rings (SSSR count). The lowest BCUT2D eigenvalue weighted by Gasteiger charge is -2.34. The van der Waals surface area contributed by atoms with Gasteiger partial charge in [0.15, 0.2) is 0 Å². The van der Waals surface area contributed by atoms with Crippen molar-refractivity contribution in [3.63, 3.8) is 0 Å². The molecule has 0 aromatic heterocycles. The fourth-order valence-corrected chi connectivity index (χ4v) is 3.16. The van der Waals surface area contributed by atoms with Gasteiger partial charge < -0.3 is 14.5 Å². The molecule has 1 aromatic rings. The maximum Gasteiger partial charge on any atom is 0.327 e. The lowest BCUT2D eigenvalue weighted by molar-refractivity contribution is -0.142. The third-order valence-corrected chi connectivity index (χ3v) is 5.00. The second kappa shape index (κ2) is 7.19. The molecule has 1 aromatic carbocycles. The number of hydrogen-bond donors (Lipinski definition) is 0. The van der Waals surface area contributed by atoms with Crippen LogP contribution in [-0.4, -0.2) is 72.4 Å². The summed E-state index contributed by atoms with van der Waals surface area (Å²) >= 11 is 12.0. The third-order valence-electron chi connectivity index (χ3n) is 4.26. The second-order valence-electron chi connectivity index (χ2n) is 5.99. The highest BCUT2D eigenvalue weighted by atomic mass is 35.5. The molecule has 2 fully saturated rings. The summed E-state index contributed by atoms with van der Waals surface area (Å²) in [5.41, 5.74) is 0.819. The summed E-state index contributed by atoms with van der Waals surface area (Å²) < 4.78 is 5.72. The van der Waals surface area contributed by atoms with Gasteiger partial charge in [-0.25, -0.2) is 4.79 Å². The van der Waals surface area contributed by atoms with Gasteiger partial charge in [0.25, 0.3) is 5.91 Å². The fraction of sp³-hybridized carbons (Fsp3) is 0.438. The van der Waals surface area contributed by atoms with E-state index in [4.69, 9.17) is 27.9 Å². The zero-order valence-electron chi connectivity index (χ0n) is 13.6. The Morgan fingerprint density at radius 2 is 2.04 bits per heavy atom. The van der Waals surface area contributed by atoms with Crippen molar-refractivity contribution < 1.29 is 19.1 Å². The summed E-state index contributed by atoms with van der Waals surface area (Å²) in [4.78, 5) is 40.1. The Labute approximate surface area is 155 Å². The molecule has 7 nitrogen and oxygen atoms in total. The average molecular weight is 386 g/mol. The minimum absolute atomic E-state index is 0.00111. The number of rotatable bonds is 3. The predicted molar refractivity (Wildman–Crippen MR) is 91.5 cm³/mol. The van der Waals surface area contributed by atoms with Gasteiger partial charge in [-0.15, -0.1) is 0 Å². The van der Waals surface area contributed by atoms with Crippen LogP contribution in [0.5, 0.6) is 0 Å². The largest absolute Gasteiger partial charge is 0.370 e. The Balaban J connectivity index is 1.66. The van der Waals surface area contributed by atoms with Gasteiger partial charge in [0.2, 0.25) is 5.91 Å². The first-order chi connectivity index (χ1) is 11.9. The number of imide groups is 1. The zero-order valence-corrected chi connectivity index (χ0v) is 15.1. The van der Waals surface area contributed by atoms with Gasteiger partial charge in [-0.1, -0.05) is 29.3 Å². The summed E-state index contributed by atoms with van der Waals surface area (Å²) in [6, 6.07) is 4.74. The first-order valence-corrected chi connectivity index (χ1v) is 8.52. The number of morpholine rings is 1. The van der Waals surface area contributed by atoms with Crippen molar-refractivity contribution in [2.75, 3.05) is 39.8 Å². The van der Waals surface area contributed by atoms with Crippen molar-refractivity contribution in [2.24, 2.45) is 0 Å². The Morgan fingerprint density at radius 1 is 1.28 bits per heavy atom. The molecule has 2 aliphatic heterocycles. The Morgan fingerprint density at radius 3 is 2.68 bits per heavy atom. The minimum Gasteiger partial charge on any atom is -0.370 e. The van der Waals surface area contributed by atoms with Gasteiger partial charge in [-0.05, 0) is 17.7 Å². The number of urea groups is 1. The molecule has 0 bridgehead atoms. The Bertz CT molecular complexity index is 727. The molecule has 1 unspecified atom stereocenters. The second-order valence-corrected chi connectivity index (χ2v) is 6.81. The topological polar surface area (TPSA) is 70.2 Å². The molecule has 9 heteroatoms. The quantitative estimate of drug-likeness (QED) is 0.743. The van der Waals surface area contributed by atoms with Crippen LogP contribution in [0.1, 0.15) is 11.7 Å². The van der Waals surface area contributed by atoms with Gasteiger partial charge in [0.05, 0.1) is 23.2 Å². The number of carbonyl (C=O) groups excluding carboxylic acids is 3. The molecule has 0 radical (unpaired) electrons. The van der Waals surface area contributed by atoms with Crippen LogP contribution < -0.4 is 0 Å². The molecule has 2 heterocycles. The van der Waals surface area contributed by atoms with Crippen LogP contribution in [-0.2, 0) is 14.3 Å². The predicted octanol–water partition coefficient (Wildman–Crippen LogP) is 1.79. The van der Waals surface area contributed by atoms with Gasteiger partial charge in [-0.2, -0.15) is 0 Å².